The first kappa shape index (κ1) is 11.1. The van der Waals surface area contributed by atoms with Crippen molar-refractivity contribution in [2.45, 2.75) is 25.1 Å². The van der Waals surface area contributed by atoms with E-state index < -0.39 is 0 Å². The first-order valence-corrected chi connectivity index (χ1v) is 5.54. The lowest BCUT2D eigenvalue weighted by Crippen LogP contribution is -2.29. The molecule has 0 fully saturated rings. The van der Waals surface area contributed by atoms with Crippen LogP contribution >= 0.6 is 27.5 Å². The van der Waals surface area contributed by atoms with Gasteiger partial charge in [0, 0.05) is 5.03 Å². The second kappa shape index (κ2) is 4.02. The van der Waals surface area contributed by atoms with Crippen LogP contribution in [0.2, 0.25) is 0 Å². The SMILES string of the molecule is CC(Cl)=C(C)C1(Br)C=CC=CC1C. The molecule has 0 aromatic heterocycles. The van der Waals surface area contributed by atoms with E-state index in [4.69, 9.17) is 11.6 Å². The van der Waals surface area contributed by atoms with Crippen LogP contribution in [0.4, 0.5) is 0 Å². The molecule has 0 saturated heterocycles. The molecule has 0 aliphatic heterocycles. The summed E-state index contributed by atoms with van der Waals surface area (Å²) in [5.74, 6) is 0.436. The van der Waals surface area contributed by atoms with Gasteiger partial charge in [-0.1, -0.05) is 58.8 Å². The van der Waals surface area contributed by atoms with Crippen LogP contribution in [-0.4, -0.2) is 4.32 Å². The van der Waals surface area contributed by atoms with Crippen molar-refractivity contribution in [1.82, 2.24) is 0 Å². The Bertz CT molecular complexity index is 284. The van der Waals surface area contributed by atoms with Crippen molar-refractivity contribution in [3.63, 3.8) is 0 Å². The number of alkyl halides is 1. The summed E-state index contributed by atoms with van der Waals surface area (Å²) in [5, 5.41) is 0.865. The predicted octanol–water partition coefficient (Wildman–Crippen LogP) is 4.41. The molecular formula is C11H14BrCl. The third-order valence-corrected chi connectivity index (χ3v) is 4.47. The molecule has 2 unspecified atom stereocenters. The van der Waals surface area contributed by atoms with Gasteiger partial charge in [0.25, 0.3) is 0 Å². The zero-order valence-corrected chi connectivity index (χ0v) is 10.5. The summed E-state index contributed by atoms with van der Waals surface area (Å²) in [5.41, 5.74) is 1.18. The average molecular weight is 262 g/mol. The van der Waals surface area contributed by atoms with Crippen LogP contribution in [-0.2, 0) is 0 Å². The highest BCUT2D eigenvalue weighted by atomic mass is 79.9. The molecule has 0 amide bonds. The maximum absolute atomic E-state index is 6.01. The number of hydrogen-bond acceptors (Lipinski definition) is 0. The van der Waals surface area contributed by atoms with Gasteiger partial charge in [0.05, 0.1) is 4.32 Å². The average Bonchev–Trinajstić information content (AvgIpc) is 2.09. The standard InChI is InChI=1S/C11H14BrCl/c1-8-6-4-5-7-11(8,12)9(2)10(3)13/h4-8H,1-3H3. The number of allylic oxidation sites excluding steroid dienone is 6. The molecule has 2 heteroatoms. The minimum Gasteiger partial charge on any atom is -0.0895 e. The lowest BCUT2D eigenvalue weighted by atomic mass is 9.84. The molecule has 1 aliphatic rings. The van der Waals surface area contributed by atoms with Crippen molar-refractivity contribution in [3.8, 4) is 0 Å². The van der Waals surface area contributed by atoms with E-state index in [9.17, 15) is 0 Å². The van der Waals surface area contributed by atoms with Crippen molar-refractivity contribution in [2.24, 2.45) is 5.92 Å². The molecule has 0 aromatic carbocycles. The molecule has 0 aromatic rings. The zero-order valence-electron chi connectivity index (χ0n) is 8.14. The highest BCUT2D eigenvalue weighted by molar-refractivity contribution is 9.10. The number of rotatable bonds is 1. The van der Waals surface area contributed by atoms with E-state index in [1.165, 1.54) is 5.57 Å². The van der Waals surface area contributed by atoms with E-state index in [-0.39, 0.29) is 4.32 Å². The van der Waals surface area contributed by atoms with Crippen LogP contribution in [0.1, 0.15) is 20.8 Å². The Balaban J connectivity index is 3.08. The lowest BCUT2D eigenvalue weighted by Gasteiger charge is -2.32. The van der Waals surface area contributed by atoms with Crippen molar-refractivity contribution >= 4 is 27.5 Å². The molecule has 0 saturated carbocycles. The van der Waals surface area contributed by atoms with Gasteiger partial charge in [-0.2, -0.15) is 0 Å². The topological polar surface area (TPSA) is 0 Å². The van der Waals surface area contributed by atoms with Crippen LogP contribution in [0.15, 0.2) is 34.9 Å². The summed E-state index contributed by atoms with van der Waals surface area (Å²) in [6.07, 6.45) is 8.45. The molecule has 13 heavy (non-hydrogen) atoms. The van der Waals surface area contributed by atoms with Gasteiger partial charge in [-0.3, -0.25) is 0 Å². The smallest absolute Gasteiger partial charge is 0.0719 e. The molecule has 1 rings (SSSR count). The van der Waals surface area contributed by atoms with Gasteiger partial charge in [-0.15, -0.1) is 0 Å². The number of hydrogen-bond donors (Lipinski definition) is 0. The van der Waals surface area contributed by atoms with E-state index in [1.54, 1.807) is 0 Å². The minimum atomic E-state index is -0.0897. The first-order chi connectivity index (χ1) is 5.98. The quantitative estimate of drug-likeness (QED) is 0.613. The summed E-state index contributed by atoms with van der Waals surface area (Å²) in [6.45, 7) is 6.17. The maximum atomic E-state index is 6.01. The third kappa shape index (κ3) is 2.08. The first-order valence-electron chi connectivity index (χ1n) is 4.37. The molecule has 1 aliphatic carbocycles. The zero-order chi connectivity index (χ0) is 10.1. The van der Waals surface area contributed by atoms with E-state index >= 15 is 0 Å². The van der Waals surface area contributed by atoms with Crippen LogP contribution in [0, 0.1) is 5.92 Å². The molecule has 0 N–H and O–H groups in total. The van der Waals surface area contributed by atoms with E-state index in [0.717, 1.165) is 5.03 Å². The third-order valence-electron chi connectivity index (χ3n) is 2.60. The van der Waals surface area contributed by atoms with Crippen LogP contribution in [0.5, 0.6) is 0 Å². The fourth-order valence-corrected chi connectivity index (χ4v) is 2.32. The van der Waals surface area contributed by atoms with Crippen molar-refractivity contribution < 1.29 is 0 Å². The Hall–Kier alpha value is -0.0100. The van der Waals surface area contributed by atoms with E-state index in [1.807, 2.05) is 6.92 Å². The Kier molecular flexibility index (Phi) is 3.42. The molecular weight excluding hydrogens is 247 g/mol. The molecule has 0 spiro atoms. The van der Waals surface area contributed by atoms with Gasteiger partial charge in [-0.25, -0.2) is 0 Å². The highest BCUT2D eigenvalue weighted by Gasteiger charge is 2.33. The van der Waals surface area contributed by atoms with Crippen molar-refractivity contribution in [2.75, 3.05) is 0 Å². The Morgan fingerprint density at radius 1 is 1.38 bits per heavy atom. The van der Waals surface area contributed by atoms with Crippen LogP contribution < -0.4 is 0 Å². The summed E-state index contributed by atoms with van der Waals surface area (Å²) < 4.78 is -0.0897. The Morgan fingerprint density at radius 3 is 2.46 bits per heavy atom. The van der Waals surface area contributed by atoms with Crippen LogP contribution in [0.3, 0.4) is 0 Å². The monoisotopic (exact) mass is 260 g/mol. The van der Waals surface area contributed by atoms with Gasteiger partial charge in [0.15, 0.2) is 0 Å². The second-order valence-electron chi connectivity index (χ2n) is 3.46. The minimum absolute atomic E-state index is 0.0897. The molecule has 0 bridgehead atoms. The Morgan fingerprint density at radius 2 is 2.00 bits per heavy atom. The molecule has 72 valence electrons. The van der Waals surface area contributed by atoms with Crippen molar-refractivity contribution in [1.29, 1.82) is 0 Å². The Labute approximate surface area is 93.5 Å². The largest absolute Gasteiger partial charge is 0.0895 e. The van der Waals surface area contributed by atoms with Gasteiger partial charge in [0.1, 0.15) is 0 Å². The molecule has 0 heterocycles. The predicted molar refractivity (Wildman–Crippen MR) is 63.3 cm³/mol. The fraction of sp³-hybridized carbons (Fsp3) is 0.455. The normalized spacial score (nSPS) is 34.7. The number of halogens is 2. The van der Waals surface area contributed by atoms with E-state index in [2.05, 4.69) is 54.1 Å². The van der Waals surface area contributed by atoms with Gasteiger partial charge in [0.2, 0.25) is 0 Å². The van der Waals surface area contributed by atoms with E-state index in [0.29, 0.717) is 5.92 Å². The highest BCUT2D eigenvalue weighted by Crippen LogP contribution is 2.41. The maximum Gasteiger partial charge on any atom is 0.0719 e. The van der Waals surface area contributed by atoms with Gasteiger partial charge in [-0.05, 0) is 25.3 Å². The summed E-state index contributed by atoms with van der Waals surface area (Å²) in [6, 6.07) is 0. The summed E-state index contributed by atoms with van der Waals surface area (Å²) in [4.78, 5) is 0. The molecule has 0 nitrogen and oxygen atoms in total. The van der Waals surface area contributed by atoms with Gasteiger partial charge >= 0.3 is 0 Å². The lowest BCUT2D eigenvalue weighted by molar-refractivity contribution is 0.631. The summed E-state index contributed by atoms with van der Waals surface area (Å²) >= 11 is 9.76. The molecule has 2 atom stereocenters. The molecule has 0 radical (unpaired) electrons. The van der Waals surface area contributed by atoms with Crippen molar-refractivity contribution in [3.05, 3.63) is 34.9 Å². The van der Waals surface area contributed by atoms with Crippen LogP contribution in [0.25, 0.3) is 0 Å². The van der Waals surface area contributed by atoms with Gasteiger partial charge < -0.3 is 0 Å². The fourth-order valence-electron chi connectivity index (χ4n) is 1.45. The summed E-state index contributed by atoms with van der Waals surface area (Å²) in [7, 11) is 0. The second-order valence-corrected chi connectivity index (χ2v) is 5.34.